The number of hydrogen-bond acceptors (Lipinski definition) is 3. The van der Waals surface area contributed by atoms with Gasteiger partial charge in [0.05, 0.1) is 0 Å². The summed E-state index contributed by atoms with van der Waals surface area (Å²) in [5.41, 5.74) is 5.68. The van der Waals surface area contributed by atoms with Crippen molar-refractivity contribution >= 4 is 17.4 Å². The van der Waals surface area contributed by atoms with Gasteiger partial charge in [0, 0.05) is 43.0 Å². The average molecular weight is 351 g/mol. The third-order valence-electron chi connectivity index (χ3n) is 5.54. The molecule has 0 bridgehead atoms. The van der Waals surface area contributed by atoms with Crippen LogP contribution in [0.5, 0.6) is 0 Å². The maximum atomic E-state index is 12.6. The van der Waals surface area contributed by atoms with E-state index in [2.05, 4.69) is 39.5 Å². The van der Waals surface area contributed by atoms with Crippen molar-refractivity contribution in [3.8, 4) is 0 Å². The Labute approximate surface area is 153 Å². The van der Waals surface area contributed by atoms with Gasteiger partial charge in [0.1, 0.15) is 5.69 Å². The highest BCUT2D eigenvalue weighted by molar-refractivity contribution is 6.04. The topological polar surface area (TPSA) is 65.2 Å². The molecule has 0 spiro atoms. The number of rotatable bonds is 4. The lowest BCUT2D eigenvalue weighted by atomic mass is 9.94. The summed E-state index contributed by atoms with van der Waals surface area (Å²) in [6.45, 7) is 4.27. The van der Waals surface area contributed by atoms with Gasteiger partial charge in [-0.25, -0.2) is 0 Å². The zero-order valence-electron chi connectivity index (χ0n) is 15.2. The van der Waals surface area contributed by atoms with Gasteiger partial charge in [-0.2, -0.15) is 0 Å². The van der Waals surface area contributed by atoms with Crippen LogP contribution in [0.3, 0.4) is 0 Å². The third-order valence-corrected chi connectivity index (χ3v) is 5.54. The molecule has 0 radical (unpaired) electrons. The second-order valence-electron chi connectivity index (χ2n) is 7.23. The summed E-state index contributed by atoms with van der Waals surface area (Å²) >= 11 is 0. The van der Waals surface area contributed by atoms with Crippen molar-refractivity contribution in [2.45, 2.75) is 39.0 Å². The zero-order chi connectivity index (χ0) is 18.1. The van der Waals surface area contributed by atoms with Crippen molar-refractivity contribution in [3.63, 3.8) is 0 Å². The molecule has 136 valence electrons. The van der Waals surface area contributed by atoms with Crippen LogP contribution in [0.4, 0.5) is 5.69 Å². The van der Waals surface area contributed by atoms with Crippen LogP contribution in [-0.2, 0) is 12.8 Å². The molecule has 0 unspecified atom stereocenters. The minimum absolute atomic E-state index is 0.116. The van der Waals surface area contributed by atoms with E-state index >= 15 is 0 Å². The third kappa shape index (κ3) is 3.02. The summed E-state index contributed by atoms with van der Waals surface area (Å²) in [5, 5.41) is 3.02. The van der Waals surface area contributed by atoms with Crippen LogP contribution >= 0.6 is 0 Å². The average Bonchev–Trinajstić information content (AvgIpc) is 3.00. The molecule has 2 aliphatic rings. The van der Waals surface area contributed by atoms with E-state index in [1.165, 1.54) is 11.3 Å². The van der Waals surface area contributed by atoms with E-state index in [0.717, 1.165) is 55.6 Å². The minimum atomic E-state index is -0.116. The standard InChI is InChI=1S/C21H25N3O2/c1-14-19-16(8-4-10-18(19)25)23-20(14)21(26)22-11-13-24-12-5-7-15-6-2-3-9-17(15)24/h2-3,6,9,23H,4-5,7-8,10-13H2,1H3,(H,22,26). The molecule has 1 aromatic heterocycles. The molecule has 1 aromatic carbocycles. The second-order valence-corrected chi connectivity index (χ2v) is 7.23. The lowest BCUT2D eigenvalue weighted by Crippen LogP contribution is -2.37. The Bertz CT molecular complexity index is 853. The smallest absolute Gasteiger partial charge is 0.268 e. The molecule has 4 rings (SSSR count). The fourth-order valence-corrected chi connectivity index (χ4v) is 4.24. The molecule has 0 atom stereocenters. The van der Waals surface area contributed by atoms with Crippen molar-refractivity contribution in [2.75, 3.05) is 24.5 Å². The SMILES string of the molecule is Cc1c(C(=O)NCCN2CCCc3ccccc32)[nH]c2c1C(=O)CCC2. The Balaban J connectivity index is 1.41. The lowest BCUT2D eigenvalue weighted by Gasteiger charge is -2.31. The van der Waals surface area contributed by atoms with Gasteiger partial charge in [-0.3, -0.25) is 9.59 Å². The van der Waals surface area contributed by atoms with Crippen molar-refractivity contribution < 1.29 is 9.59 Å². The number of benzene rings is 1. The van der Waals surface area contributed by atoms with Gasteiger partial charge < -0.3 is 15.2 Å². The lowest BCUT2D eigenvalue weighted by molar-refractivity contribution is 0.0948. The number of aryl methyl sites for hydroxylation is 2. The Morgan fingerprint density at radius 1 is 1.19 bits per heavy atom. The van der Waals surface area contributed by atoms with Crippen LogP contribution in [0.1, 0.15) is 56.9 Å². The van der Waals surface area contributed by atoms with E-state index < -0.39 is 0 Å². The molecule has 0 saturated heterocycles. The van der Waals surface area contributed by atoms with E-state index in [4.69, 9.17) is 0 Å². The Morgan fingerprint density at radius 2 is 2.04 bits per heavy atom. The molecule has 1 aliphatic heterocycles. The van der Waals surface area contributed by atoms with E-state index in [1.807, 2.05) is 6.92 Å². The zero-order valence-corrected chi connectivity index (χ0v) is 15.2. The number of Topliss-reactive ketones (excluding diaryl/α,β-unsaturated/α-hetero) is 1. The van der Waals surface area contributed by atoms with Gasteiger partial charge in [0.15, 0.2) is 5.78 Å². The number of aromatic amines is 1. The van der Waals surface area contributed by atoms with Crippen LogP contribution in [0.25, 0.3) is 0 Å². The number of H-pyrrole nitrogens is 1. The number of nitrogens with one attached hydrogen (secondary N) is 2. The van der Waals surface area contributed by atoms with Crippen molar-refractivity contribution in [1.82, 2.24) is 10.3 Å². The van der Waals surface area contributed by atoms with Gasteiger partial charge >= 0.3 is 0 Å². The molecular formula is C21H25N3O2. The Kier molecular flexibility index (Phi) is 4.53. The molecule has 0 saturated carbocycles. The number of carbonyl (C=O) groups is 2. The van der Waals surface area contributed by atoms with Gasteiger partial charge in [0.2, 0.25) is 0 Å². The van der Waals surface area contributed by atoms with Crippen molar-refractivity contribution in [3.05, 3.63) is 52.3 Å². The molecule has 26 heavy (non-hydrogen) atoms. The molecule has 2 N–H and O–H groups in total. The van der Waals surface area contributed by atoms with E-state index in [1.54, 1.807) is 0 Å². The fourth-order valence-electron chi connectivity index (χ4n) is 4.24. The molecular weight excluding hydrogens is 326 g/mol. The van der Waals surface area contributed by atoms with Gasteiger partial charge in [-0.1, -0.05) is 18.2 Å². The number of nitrogens with zero attached hydrogens (tertiary/aromatic N) is 1. The number of hydrogen-bond donors (Lipinski definition) is 2. The van der Waals surface area contributed by atoms with Crippen LogP contribution in [0.15, 0.2) is 24.3 Å². The first kappa shape index (κ1) is 16.9. The van der Waals surface area contributed by atoms with Gasteiger partial charge in [-0.15, -0.1) is 0 Å². The van der Waals surface area contributed by atoms with Crippen LogP contribution in [0, 0.1) is 6.92 Å². The first-order valence-corrected chi connectivity index (χ1v) is 9.51. The summed E-state index contributed by atoms with van der Waals surface area (Å²) in [6.07, 6.45) is 4.57. The molecule has 2 heterocycles. The molecule has 1 aliphatic carbocycles. The number of aromatic nitrogens is 1. The number of amides is 1. The maximum absolute atomic E-state index is 12.6. The van der Waals surface area contributed by atoms with Crippen molar-refractivity contribution in [2.24, 2.45) is 0 Å². The summed E-state index contributed by atoms with van der Waals surface area (Å²) in [6, 6.07) is 8.50. The predicted molar refractivity (Wildman–Crippen MR) is 102 cm³/mol. The highest BCUT2D eigenvalue weighted by atomic mass is 16.2. The number of carbonyl (C=O) groups excluding carboxylic acids is 2. The molecule has 1 amide bonds. The maximum Gasteiger partial charge on any atom is 0.268 e. The first-order chi connectivity index (χ1) is 12.6. The normalized spacial score (nSPS) is 16.2. The summed E-state index contributed by atoms with van der Waals surface area (Å²) in [5.74, 6) is 0.0407. The van der Waals surface area contributed by atoms with E-state index in [-0.39, 0.29) is 11.7 Å². The molecule has 5 heteroatoms. The second kappa shape index (κ2) is 6.98. The van der Waals surface area contributed by atoms with E-state index in [9.17, 15) is 9.59 Å². The summed E-state index contributed by atoms with van der Waals surface area (Å²) in [7, 11) is 0. The van der Waals surface area contributed by atoms with E-state index in [0.29, 0.717) is 18.7 Å². The minimum Gasteiger partial charge on any atom is -0.370 e. The van der Waals surface area contributed by atoms with Crippen molar-refractivity contribution in [1.29, 1.82) is 0 Å². The highest BCUT2D eigenvalue weighted by Crippen LogP contribution is 2.27. The molecule has 5 nitrogen and oxygen atoms in total. The van der Waals surface area contributed by atoms with Crippen LogP contribution in [0.2, 0.25) is 0 Å². The molecule has 2 aromatic rings. The van der Waals surface area contributed by atoms with Crippen LogP contribution in [-0.4, -0.2) is 36.3 Å². The summed E-state index contributed by atoms with van der Waals surface area (Å²) < 4.78 is 0. The Morgan fingerprint density at radius 3 is 2.88 bits per heavy atom. The fraction of sp³-hybridized carbons (Fsp3) is 0.429. The number of ketones is 1. The molecule has 0 fully saturated rings. The van der Waals surface area contributed by atoms with Crippen LogP contribution < -0.4 is 10.2 Å². The van der Waals surface area contributed by atoms with Gasteiger partial charge in [0.25, 0.3) is 5.91 Å². The van der Waals surface area contributed by atoms with Gasteiger partial charge in [-0.05, 0) is 49.8 Å². The number of para-hydroxylation sites is 1. The monoisotopic (exact) mass is 351 g/mol. The number of anilines is 1. The number of fused-ring (bicyclic) bond motifs is 2. The summed E-state index contributed by atoms with van der Waals surface area (Å²) in [4.78, 5) is 30.3. The Hall–Kier alpha value is -2.56. The predicted octanol–water partition coefficient (Wildman–Crippen LogP) is 3.02. The first-order valence-electron chi connectivity index (χ1n) is 9.51. The quantitative estimate of drug-likeness (QED) is 0.890. The highest BCUT2D eigenvalue weighted by Gasteiger charge is 2.26. The largest absolute Gasteiger partial charge is 0.370 e.